The number of rotatable bonds is 5. The van der Waals surface area contributed by atoms with Crippen LogP contribution < -0.4 is 4.74 Å². The van der Waals surface area contributed by atoms with Crippen LogP contribution in [0.2, 0.25) is 0 Å². The Balaban J connectivity index is 0.00000372. The van der Waals surface area contributed by atoms with E-state index in [1.807, 2.05) is 77.8 Å². The van der Waals surface area contributed by atoms with E-state index in [0.29, 0.717) is 11.5 Å². The number of hydrogen-bond donors (Lipinski definition) is 0. The van der Waals surface area contributed by atoms with Crippen molar-refractivity contribution in [1.82, 2.24) is 19.3 Å². The maximum Gasteiger partial charge on any atom is 2.00 e. The van der Waals surface area contributed by atoms with Gasteiger partial charge in [-0.1, -0.05) is 63.5 Å². The molecule has 0 spiro atoms. The van der Waals surface area contributed by atoms with Crippen molar-refractivity contribution in [2.24, 2.45) is 0 Å². The molecule has 0 atom stereocenters. The van der Waals surface area contributed by atoms with E-state index in [1.54, 1.807) is 12.1 Å². The average Bonchev–Trinajstić information content (AvgIpc) is 3.49. The van der Waals surface area contributed by atoms with Crippen molar-refractivity contribution in [2.75, 3.05) is 0 Å². The normalized spacial score (nSPS) is 11.6. The van der Waals surface area contributed by atoms with Crippen molar-refractivity contribution >= 4 is 21.8 Å². The Kier molecular flexibility index (Phi) is 8.20. The number of pyridine rings is 1. The second kappa shape index (κ2) is 12.0. The molecule has 0 fully saturated rings. The molecule has 0 aliphatic heterocycles. The number of aromatic nitrogens is 4. The van der Waals surface area contributed by atoms with E-state index in [4.69, 9.17) is 14.8 Å². The molecule has 0 saturated heterocycles. The molecule has 46 heavy (non-hydrogen) atoms. The minimum absolute atomic E-state index is 0. The largest absolute Gasteiger partial charge is 2.00 e. The van der Waals surface area contributed by atoms with E-state index < -0.39 is 0 Å². The molecule has 7 heteroatoms. The Morgan fingerprint density at radius 3 is 2.35 bits per heavy atom. The van der Waals surface area contributed by atoms with Crippen LogP contribution in [0.15, 0.2) is 91.1 Å². The molecule has 5 nitrogen and oxygen atoms in total. The van der Waals surface area contributed by atoms with Crippen LogP contribution in [0.25, 0.3) is 44.4 Å². The third kappa shape index (κ3) is 5.67. The van der Waals surface area contributed by atoms with Gasteiger partial charge in [-0.05, 0) is 71.8 Å². The third-order valence-electron chi connectivity index (χ3n) is 8.23. The van der Waals surface area contributed by atoms with Gasteiger partial charge in [0.25, 0.3) is 0 Å². The molecule has 0 aliphatic rings. The quantitative estimate of drug-likeness (QED) is 0.163. The smallest absolute Gasteiger partial charge is 0.509 e. The predicted molar refractivity (Wildman–Crippen MR) is 178 cm³/mol. The molecule has 0 unspecified atom stereocenters. The molecule has 3 heterocycles. The summed E-state index contributed by atoms with van der Waals surface area (Å²) in [6.07, 6.45) is 1.82. The van der Waals surface area contributed by atoms with E-state index in [9.17, 15) is 4.39 Å². The summed E-state index contributed by atoms with van der Waals surface area (Å²) in [6, 6.07) is 34.0. The molecule has 232 valence electrons. The summed E-state index contributed by atoms with van der Waals surface area (Å²) in [5.74, 6) is 1.52. The fraction of sp³-hybridized carbons (Fsp3) is 0.179. The number of ether oxygens (including phenoxy) is 1. The first-order valence-corrected chi connectivity index (χ1v) is 15.0. The topological polar surface area (TPSA) is 44.9 Å². The van der Waals surface area contributed by atoms with E-state index in [-0.39, 0.29) is 32.3 Å². The first-order chi connectivity index (χ1) is 21.6. The number of benzene rings is 4. The van der Waals surface area contributed by atoms with Crippen LogP contribution in [0, 0.1) is 38.7 Å². The van der Waals surface area contributed by atoms with Gasteiger partial charge >= 0.3 is 21.1 Å². The molecular weight excluding hydrogens is 755 g/mol. The van der Waals surface area contributed by atoms with Crippen LogP contribution in [0.5, 0.6) is 11.5 Å². The number of aryl methyl sites for hydroxylation is 2. The van der Waals surface area contributed by atoms with Gasteiger partial charge in [0.1, 0.15) is 11.6 Å². The predicted octanol–water partition coefficient (Wildman–Crippen LogP) is 9.78. The number of halogens is 1. The monoisotopic (exact) mass is 787 g/mol. The third-order valence-corrected chi connectivity index (χ3v) is 8.23. The standard InChI is InChI=1S/C39H33FN4O.Pt/c1-24-18-30(44-26(3)38(25(2)42-44)27-10-8-7-9-11-27)22-32(19-24)45-31-13-14-33-34-21-29(40)12-15-35(34)43(36(33)23-31)37-20-28(16-17-41-37)39(4,5)6;/h7-21H,1-6H3;/q-2;+2. The van der Waals surface area contributed by atoms with Crippen LogP contribution >= 0.6 is 0 Å². The average molecular weight is 788 g/mol. The summed E-state index contributed by atoms with van der Waals surface area (Å²) in [7, 11) is 0. The summed E-state index contributed by atoms with van der Waals surface area (Å²) in [6.45, 7) is 12.7. The van der Waals surface area contributed by atoms with Gasteiger partial charge in [-0.25, -0.2) is 9.37 Å². The van der Waals surface area contributed by atoms with Crippen molar-refractivity contribution < 1.29 is 30.2 Å². The molecule has 7 rings (SSSR count). The summed E-state index contributed by atoms with van der Waals surface area (Å²) >= 11 is 0. The zero-order valence-electron chi connectivity index (χ0n) is 26.6. The maximum absolute atomic E-state index is 14.5. The first-order valence-electron chi connectivity index (χ1n) is 15.0. The van der Waals surface area contributed by atoms with Gasteiger partial charge in [0.2, 0.25) is 0 Å². The number of fused-ring (bicyclic) bond motifs is 3. The fourth-order valence-electron chi connectivity index (χ4n) is 6.05. The van der Waals surface area contributed by atoms with E-state index in [2.05, 4.69) is 58.0 Å². The summed E-state index contributed by atoms with van der Waals surface area (Å²) in [4.78, 5) is 4.72. The number of nitrogens with zero attached hydrogens (tertiary/aromatic N) is 4. The molecule has 3 aromatic heterocycles. The molecular formula is C39H33FN4OPt. The molecule has 0 bridgehead atoms. The minimum atomic E-state index is -0.292. The van der Waals surface area contributed by atoms with Crippen LogP contribution in [0.3, 0.4) is 0 Å². The molecule has 4 aromatic carbocycles. The van der Waals surface area contributed by atoms with Crippen LogP contribution in [-0.2, 0) is 26.5 Å². The zero-order chi connectivity index (χ0) is 31.5. The second-order valence-electron chi connectivity index (χ2n) is 12.6. The van der Waals surface area contributed by atoms with Crippen molar-refractivity contribution in [3.63, 3.8) is 0 Å². The van der Waals surface area contributed by atoms with Crippen LogP contribution in [0.4, 0.5) is 4.39 Å². The Bertz CT molecular complexity index is 2230. The molecule has 0 radical (unpaired) electrons. The van der Waals surface area contributed by atoms with Crippen molar-refractivity contribution in [3.8, 4) is 34.1 Å². The maximum atomic E-state index is 14.5. The molecule has 0 amide bonds. The van der Waals surface area contributed by atoms with Crippen molar-refractivity contribution in [3.05, 3.63) is 132 Å². The van der Waals surface area contributed by atoms with E-state index in [0.717, 1.165) is 67.0 Å². The number of hydrogen-bond acceptors (Lipinski definition) is 3. The first kappa shape index (κ1) is 31.4. The Labute approximate surface area is 282 Å². The van der Waals surface area contributed by atoms with Gasteiger partial charge in [-0.3, -0.25) is 4.68 Å². The minimum Gasteiger partial charge on any atom is -0.509 e. The van der Waals surface area contributed by atoms with Gasteiger partial charge in [-0.2, -0.15) is 16.7 Å². The summed E-state index contributed by atoms with van der Waals surface area (Å²) in [5.41, 5.74) is 8.72. The summed E-state index contributed by atoms with van der Waals surface area (Å²) in [5, 5.41) is 6.53. The van der Waals surface area contributed by atoms with Gasteiger partial charge in [0.15, 0.2) is 0 Å². The fourth-order valence-corrected chi connectivity index (χ4v) is 6.05. The van der Waals surface area contributed by atoms with Crippen molar-refractivity contribution in [2.45, 2.75) is 47.0 Å². The van der Waals surface area contributed by atoms with Crippen molar-refractivity contribution in [1.29, 1.82) is 0 Å². The Morgan fingerprint density at radius 2 is 1.59 bits per heavy atom. The second-order valence-corrected chi connectivity index (χ2v) is 12.6. The molecule has 0 saturated carbocycles. The molecule has 7 aromatic rings. The SMILES string of the molecule is Cc1cc(Oc2[c-]c3c(cc2)c2cc(F)ccc2n3-c2cc(C(C)(C)C)ccn2)[c-]c(-n2nc(C)c(-c3ccccc3)c2C)c1.[Pt+2]. The van der Waals surface area contributed by atoms with E-state index >= 15 is 0 Å². The summed E-state index contributed by atoms with van der Waals surface area (Å²) < 4.78 is 24.8. The van der Waals surface area contributed by atoms with Crippen LogP contribution in [0.1, 0.15) is 43.3 Å². The van der Waals surface area contributed by atoms with Crippen LogP contribution in [-0.4, -0.2) is 19.3 Å². The van der Waals surface area contributed by atoms with Gasteiger partial charge in [0, 0.05) is 34.5 Å². The van der Waals surface area contributed by atoms with Gasteiger partial charge in [0.05, 0.1) is 5.69 Å². The van der Waals surface area contributed by atoms with Gasteiger partial charge in [-0.15, -0.1) is 35.7 Å². The van der Waals surface area contributed by atoms with Gasteiger partial charge < -0.3 is 9.30 Å². The molecule has 0 aliphatic carbocycles. The van der Waals surface area contributed by atoms with E-state index in [1.165, 1.54) is 6.07 Å². The Hall–Kier alpha value is -4.54. The molecule has 0 N–H and O–H groups in total. The Morgan fingerprint density at radius 1 is 0.804 bits per heavy atom. The zero-order valence-corrected chi connectivity index (χ0v) is 28.8.